The predicted octanol–water partition coefficient (Wildman–Crippen LogP) is 0.672. The quantitative estimate of drug-likeness (QED) is 0.709. The third-order valence-corrected chi connectivity index (χ3v) is 3.44. The summed E-state index contributed by atoms with van der Waals surface area (Å²) in [7, 11) is 0. The molecule has 1 heterocycles. The Labute approximate surface area is 106 Å². The first-order valence-electron chi connectivity index (χ1n) is 6.52. The topological polar surface area (TPSA) is 78.9 Å². The van der Waals surface area contributed by atoms with Crippen LogP contribution in [0, 0.1) is 5.92 Å². The second-order valence-electron chi connectivity index (χ2n) is 4.90. The average Bonchev–Trinajstić information content (AvgIpc) is 3.18. The summed E-state index contributed by atoms with van der Waals surface area (Å²) in [5, 5.41) is 11.3. The van der Waals surface area contributed by atoms with Crippen molar-refractivity contribution in [3.05, 3.63) is 0 Å². The van der Waals surface area contributed by atoms with E-state index in [-0.39, 0.29) is 18.5 Å². The number of ether oxygens (including phenoxy) is 1. The second kappa shape index (κ2) is 6.04. The Hall–Kier alpha value is -1.30. The number of carboxylic acids is 1. The van der Waals surface area contributed by atoms with Crippen molar-refractivity contribution in [1.29, 1.82) is 0 Å². The largest absolute Gasteiger partial charge is 0.481 e. The van der Waals surface area contributed by atoms with Crippen molar-refractivity contribution < 1.29 is 19.4 Å². The summed E-state index contributed by atoms with van der Waals surface area (Å²) in [6.07, 6.45) is 2.92. The van der Waals surface area contributed by atoms with Gasteiger partial charge in [-0.1, -0.05) is 0 Å². The minimum absolute atomic E-state index is 0.0828. The molecule has 2 aliphatic rings. The number of rotatable bonds is 5. The number of urea groups is 1. The molecule has 1 atom stereocenters. The molecule has 2 N–H and O–H groups in total. The van der Waals surface area contributed by atoms with Crippen LogP contribution in [0.1, 0.15) is 25.7 Å². The predicted molar refractivity (Wildman–Crippen MR) is 64.3 cm³/mol. The Morgan fingerprint density at radius 2 is 2.17 bits per heavy atom. The van der Waals surface area contributed by atoms with Crippen molar-refractivity contribution >= 4 is 12.0 Å². The number of nitrogens with one attached hydrogen (secondary N) is 1. The van der Waals surface area contributed by atoms with E-state index in [2.05, 4.69) is 5.32 Å². The second-order valence-corrected chi connectivity index (χ2v) is 4.90. The smallest absolute Gasteiger partial charge is 0.317 e. The third kappa shape index (κ3) is 3.60. The van der Waals surface area contributed by atoms with E-state index in [0.717, 1.165) is 0 Å². The first-order chi connectivity index (χ1) is 8.68. The zero-order chi connectivity index (χ0) is 13.0. The molecule has 6 nitrogen and oxygen atoms in total. The van der Waals surface area contributed by atoms with Gasteiger partial charge in [0.15, 0.2) is 0 Å². The number of aliphatic carboxylic acids is 1. The van der Waals surface area contributed by atoms with Crippen molar-refractivity contribution in [3.63, 3.8) is 0 Å². The van der Waals surface area contributed by atoms with E-state index in [1.807, 2.05) is 4.90 Å². The molecule has 0 spiro atoms. The lowest BCUT2D eigenvalue weighted by Gasteiger charge is -2.35. The number of carbonyl (C=O) groups is 2. The summed E-state index contributed by atoms with van der Waals surface area (Å²) in [6, 6.07) is 0.124. The van der Waals surface area contributed by atoms with Gasteiger partial charge in [0, 0.05) is 19.5 Å². The van der Waals surface area contributed by atoms with Crippen LogP contribution in [0.25, 0.3) is 0 Å². The molecule has 1 aliphatic carbocycles. The van der Waals surface area contributed by atoms with E-state index in [9.17, 15) is 9.59 Å². The zero-order valence-corrected chi connectivity index (χ0v) is 10.4. The maximum Gasteiger partial charge on any atom is 0.317 e. The normalized spacial score (nSPS) is 23.8. The highest BCUT2D eigenvalue weighted by molar-refractivity contribution is 5.74. The van der Waals surface area contributed by atoms with E-state index in [1.165, 1.54) is 12.8 Å². The Kier molecular flexibility index (Phi) is 4.41. The van der Waals surface area contributed by atoms with Crippen LogP contribution in [0.2, 0.25) is 0 Å². The van der Waals surface area contributed by atoms with Crippen LogP contribution in [0.5, 0.6) is 0 Å². The highest BCUT2D eigenvalue weighted by Gasteiger charge is 2.39. The van der Waals surface area contributed by atoms with Crippen molar-refractivity contribution in [2.45, 2.75) is 31.7 Å². The Balaban J connectivity index is 1.74. The van der Waals surface area contributed by atoms with E-state index in [0.29, 0.717) is 38.6 Å². The lowest BCUT2D eigenvalue weighted by atomic mass is 10.1. The molecule has 0 aromatic rings. The van der Waals surface area contributed by atoms with Crippen molar-refractivity contribution in [2.75, 3.05) is 26.3 Å². The molecule has 18 heavy (non-hydrogen) atoms. The van der Waals surface area contributed by atoms with Crippen LogP contribution in [-0.2, 0) is 9.53 Å². The van der Waals surface area contributed by atoms with Crippen LogP contribution < -0.4 is 5.32 Å². The average molecular weight is 256 g/mol. The molecule has 1 unspecified atom stereocenters. The molecule has 0 bridgehead atoms. The number of nitrogens with zero attached hydrogens (tertiary/aromatic N) is 1. The number of amides is 2. The van der Waals surface area contributed by atoms with Crippen LogP contribution in [0.4, 0.5) is 4.79 Å². The van der Waals surface area contributed by atoms with Crippen LogP contribution >= 0.6 is 0 Å². The summed E-state index contributed by atoms with van der Waals surface area (Å²) in [4.78, 5) is 24.2. The van der Waals surface area contributed by atoms with E-state index in [4.69, 9.17) is 9.84 Å². The van der Waals surface area contributed by atoms with Crippen molar-refractivity contribution in [1.82, 2.24) is 10.2 Å². The third-order valence-electron chi connectivity index (χ3n) is 3.44. The fourth-order valence-corrected chi connectivity index (χ4v) is 2.28. The van der Waals surface area contributed by atoms with Gasteiger partial charge < -0.3 is 20.1 Å². The molecule has 1 aliphatic heterocycles. The Morgan fingerprint density at radius 1 is 1.39 bits per heavy atom. The van der Waals surface area contributed by atoms with E-state index in [1.54, 1.807) is 0 Å². The van der Waals surface area contributed by atoms with Gasteiger partial charge >= 0.3 is 12.0 Å². The molecule has 1 saturated heterocycles. The number of carbonyl (C=O) groups excluding carboxylic acids is 1. The maximum atomic E-state index is 12.0. The molecule has 2 amide bonds. The van der Waals surface area contributed by atoms with Crippen molar-refractivity contribution in [3.8, 4) is 0 Å². The van der Waals surface area contributed by atoms with Gasteiger partial charge in [-0.15, -0.1) is 0 Å². The lowest BCUT2D eigenvalue weighted by molar-refractivity contribution is -0.137. The van der Waals surface area contributed by atoms with Gasteiger partial charge in [0.05, 0.1) is 19.3 Å². The van der Waals surface area contributed by atoms with Gasteiger partial charge in [0.2, 0.25) is 0 Å². The summed E-state index contributed by atoms with van der Waals surface area (Å²) in [5.41, 5.74) is 0. The first-order valence-corrected chi connectivity index (χ1v) is 6.52. The van der Waals surface area contributed by atoms with E-state index >= 15 is 0 Å². The van der Waals surface area contributed by atoms with Crippen LogP contribution in [0.15, 0.2) is 0 Å². The molecule has 0 radical (unpaired) electrons. The molecule has 0 aromatic carbocycles. The summed E-state index contributed by atoms with van der Waals surface area (Å²) in [5.74, 6) is -0.235. The monoisotopic (exact) mass is 256 g/mol. The van der Waals surface area contributed by atoms with Gasteiger partial charge in [-0.3, -0.25) is 4.79 Å². The Morgan fingerprint density at radius 3 is 2.83 bits per heavy atom. The standard InChI is InChI=1S/C12H20N2O4/c15-11(16)2-1-5-13-12(17)14-6-7-18-8-10(14)9-3-4-9/h9-10H,1-8H2,(H,13,17)(H,15,16). The molecular formula is C12H20N2O4. The SMILES string of the molecule is O=C(O)CCCNC(=O)N1CCOCC1C1CC1. The maximum absolute atomic E-state index is 12.0. The van der Waals surface area contributed by atoms with Crippen molar-refractivity contribution in [2.24, 2.45) is 5.92 Å². The van der Waals surface area contributed by atoms with E-state index < -0.39 is 5.97 Å². The van der Waals surface area contributed by atoms with Gasteiger partial charge in [0.1, 0.15) is 0 Å². The summed E-state index contributed by atoms with van der Waals surface area (Å²) >= 11 is 0. The molecule has 1 saturated carbocycles. The molecule has 6 heteroatoms. The van der Waals surface area contributed by atoms with Crippen LogP contribution in [-0.4, -0.2) is 54.4 Å². The number of morpholine rings is 1. The number of hydrogen-bond donors (Lipinski definition) is 2. The first kappa shape index (κ1) is 13.1. The van der Waals surface area contributed by atoms with Gasteiger partial charge in [-0.2, -0.15) is 0 Å². The van der Waals surface area contributed by atoms with Gasteiger partial charge in [-0.25, -0.2) is 4.79 Å². The minimum Gasteiger partial charge on any atom is -0.481 e. The molecular weight excluding hydrogens is 236 g/mol. The number of hydrogen-bond acceptors (Lipinski definition) is 3. The highest BCUT2D eigenvalue weighted by atomic mass is 16.5. The minimum atomic E-state index is -0.827. The highest BCUT2D eigenvalue weighted by Crippen LogP contribution is 2.36. The molecule has 0 aromatic heterocycles. The molecule has 2 fully saturated rings. The Bertz CT molecular complexity index is 317. The summed E-state index contributed by atoms with van der Waals surface area (Å²) < 4.78 is 5.42. The summed E-state index contributed by atoms with van der Waals surface area (Å²) in [6.45, 7) is 2.27. The molecule has 2 rings (SSSR count). The fraction of sp³-hybridized carbons (Fsp3) is 0.833. The van der Waals surface area contributed by atoms with Gasteiger partial charge in [-0.05, 0) is 25.2 Å². The van der Waals surface area contributed by atoms with Gasteiger partial charge in [0.25, 0.3) is 0 Å². The van der Waals surface area contributed by atoms with Crippen LogP contribution in [0.3, 0.4) is 0 Å². The zero-order valence-electron chi connectivity index (χ0n) is 10.4. The molecule has 102 valence electrons. The lowest BCUT2D eigenvalue weighted by Crippen LogP contribution is -2.53. The number of carboxylic acid groups (broad SMARTS) is 1. The fourth-order valence-electron chi connectivity index (χ4n) is 2.28.